The van der Waals surface area contributed by atoms with E-state index in [1.807, 2.05) is 0 Å². The highest BCUT2D eigenvalue weighted by Gasteiger charge is 2.22. The Morgan fingerprint density at radius 1 is 1.33 bits per heavy atom. The van der Waals surface area contributed by atoms with E-state index >= 15 is 0 Å². The zero-order valence-electron chi connectivity index (χ0n) is 10.4. The molecule has 96 valence electrons. The van der Waals surface area contributed by atoms with Crippen molar-refractivity contribution in [3.05, 3.63) is 21.8 Å². The molecule has 0 unspecified atom stereocenters. The average Bonchev–Trinajstić information content (AvgIpc) is 2.65. The van der Waals surface area contributed by atoms with E-state index in [-0.39, 0.29) is 0 Å². The van der Waals surface area contributed by atoms with Gasteiger partial charge in [0.1, 0.15) is 0 Å². The van der Waals surface area contributed by atoms with Crippen molar-refractivity contribution in [2.24, 2.45) is 0 Å². The summed E-state index contributed by atoms with van der Waals surface area (Å²) < 4.78 is 3.42. The van der Waals surface area contributed by atoms with Gasteiger partial charge in [-0.2, -0.15) is 0 Å². The van der Waals surface area contributed by atoms with Gasteiger partial charge in [0, 0.05) is 9.61 Å². The molecule has 1 aromatic heterocycles. The summed E-state index contributed by atoms with van der Waals surface area (Å²) in [6.45, 7) is 2.27. The Bertz CT molecular complexity index is 570. The van der Waals surface area contributed by atoms with E-state index in [4.69, 9.17) is 5.73 Å². The number of likely N-dealkylation sites (tertiary alicyclic amines) is 1. The Kier molecular flexibility index (Phi) is 3.19. The number of hydrogen-bond acceptors (Lipinski definition) is 3. The molecule has 2 heterocycles. The fourth-order valence-corrected chi connectivity index (χ4v) is 3.20. The molecule has 0 amide bonds. The minimum atomic E-state index is 0.492. The third kappa shape index (κ3) is 2.09. The van der Waals surface area contributed by atoms with E-state index in [0.717, 1.165) is 31.4 Å². The molecule has 0 atom stereocenters. The molecule has 1 saturated heterocycles. The van der Waals surface area contributed by atoms with Crippen molar-refractivity contribution >= 4 is 39.6 Å². The van der Waals surface area contributed by atoms with Gasteiger partial charge in [-0.25, -0.2) is 4.98 Å². The first-order chi connectivity index (χ1) is 8.65. The number of imidazole rings is 1. The molecule has 1 aromatic carbocycles. The number of rotatable bonds is 1. The van der Waals surface area contributed by atoms with Gasteiger partial charge in [-0.15, -0.1) is 0 Å². The fourth-order valence-electron chi connectivity index (χ4n) is 2.73. The lowest BCUT2D eigenvalue weighted by Gasteiger charge is -2.30. The van der Waals surface area contributed by atoms with Gasteiger partial charge in [0.2, 0.25) is 5.95 Å². The zero-order chi connectivity index (χ0) is 12.7. The van der Waals surface area contributed by atoms with Crippen LogP contribution in [-0.2, 0) is 0 Å². The van der Waals surface area contributed by atoms with E-state index in [1.54, 1.807) is 0 Å². The van der Waals surface area contributed by atoms with Gasteiger partial charge in [-0.05, 0) is 73.8 Å². The summed E-state index contributed by atoms with van der Waals surface area (Å²) >= 11 is 2.31. The lowest BCUT2D eigenvalue weighted by Crippen LogP contribution is -2.31. The Morgan fingerprint density at radius 2 is 2.06 bits per heavy atom. The molecule has 0 radical (unpaired) electrons. The zero-order valence-corrected chi connectivity index (χ0v) is 12.6. The lowest BCUT2D eigenvalue weighted by molar-refractivity contribution is 0.225. The molecule has 3 rings (SSSR count). The van der Waals surface area contributed by atoms with Crippen LogP contribution >= 0.6 is 22.6 Å². The van der Waals surface area contributed by atoms with Crippen LogP contribution in [0.3, 0.4) is 0 Å². The van der Waals surface area contributed by atoms with Crippen LogP contribution < -0.4 is 5.73 Å². The van der Waals surface area contributed by atoms with Crippen LogP contribution in [0.25, 0.3) is 11.0 Å². The van der Waals surface area contributed by atoms with Gasteiger partial charge in [-0.1, -0.05) is 0 Å². The predicted molar refractivity (Wildman–Crippen MR) is 82.6 cm³/mol. The largest absolute Gasteiger partial charge is 0.369 e. The summed E-state index contributed by atoms with van der Waals surface area (Å²) in [5, 5.41) is 0. The van der Waals surface area contributed by atoms with E-state index in [1.165, 1.54) is 9.09 Å². The van der Waals surface area contributed by atoms with Gasteiger partial charge in [0.15, 0.2) is 0 Å². The van der Waals surface area contributed by atoms with Crippen molar-refractivity contribution in [2.45, 2.75) is 18.9 Å². The summed E-state index contributed by atoms with van der Waals surface area (Å²) in [4.78, 5) is 6.86. The highest BCUT2D eigenvalue weighted by Crippen LogP contribution is 2.30. The molecule has 2 aromatic rings. The maximum atomic E-state index is 6.10. The van der Waals surface area contributed by atoms with Gasteiger partial charge in [0.25, 0.3) is 0 Å². The van der Waals surface area contributed by atoms with Crippen molar-refractivity contribution < 1.29 is 0 Å². The van der Waals surface area contributed by atoms with Crippen LogP contribution in [0, 0.1) is 3.57 Å². The van der Waals surface area contributed by atoms with Crippen molar-refractivity contribution in [3.63, 3.8) is 0 Å². The first-order valence-corrected chi connectivity index (χ1v) is 7.34. The Hall–Kier alpha value is -0.820. The molecular formula is C13H17IN4. The minimum Gasteiger partial charge on any atom is -0.369 e. The fraction of sp³-hybridized carbons (Fsp3) is 0.462. The maximum absolute atomic E-state index is 6.10. The summed E-state index contributed by atoms with van der Waals surface area (Å²) in [6.07, 6.45) is 2.30. The van der Waals surface area contributed by atoms with Crippen molar-refractivity contribution in [2.75, 3.05) is 25.9 Å². The van der Waals surface area contributed by atoms with Gasteiger partial charge in [-0.3, -0.25) is 0 Å². The molecule has 5 heteroatoms. The molecule has 1 aliphatic rings. The summed E-state index contributed by atoms with van der Waals surface area (Å²) in [5.41, 5.74) is 8.29. The molecule has 2 N–H and O–H groups in total. The third-order valence-corrected chi connectivity index (χ3v) is 4.40. The lowest BCUT2D eigenvalue weighted by atomic mass is 10.1. The maximum Gasteiger partial charge on any atom is 0.201 e. The number of anilines is 1. The third-order valence-electron chi connectivity index (χ3n) is 3.73. The molecule has 0 bridgehead atoms. The van der Waals surface area contributed by atoms with Crippen LogP contribution in [0.15, 0.2) is 18.2 Å². The Labute approximate surface area is 120 Å². The monoisotopic (exact) mass is 356 g/mol. The summed E-state index contributed by atoms with van der Waals surface area (Å²) in [7, 11) is 2.17. The Balaban J connectivity index is 2.03. The highest BCUT2D eigenvalue weighted by molar-refractivity contribution is 14.1. The molecule has 0 saturated carbocycles. The molecular weight excluding hydrogens is 339 g/mol. The number of halogens is 1. The van der Waals surface area contributed by atoms with Crippen LogP contribution in [0.5, 0.6) is 0 Å². The average molecular weight is 356 g/mol. The number of piperidine rings is 1. The quantitative estimate of drug-likeness (QED) is 0.799. The number of fused-ring (bicyclic) bond motifs is 1. The Morgan fingerprint density at radius 3 is 2.78 bits per heavy atom. The number of benzene rings is 1. The minimum absolute atomic E-state index is 0.492. The second-order valence-electron chi connectivity index (χ2n) is 5.01. The summed E-state index contributed by atoms with van der Waals surface area (Å²) in [6, 6.07) is 6.85. The van der Waals surface area contributed by atoms with E-state index < -0.39 is 0 Å². The molecule has 1 fully saturated rings. The van der Waals surface area contributed by atoms with Crippen LogP contribution in [0.1, 0.15) is 18.9 Å². The second-order valence-corrected chi connectivity index (χ2v) is 6.25. The van der Waals surface area contributed by atoms with E-state index in [9.17, 15) is 0 Å². The van der Waals surface area contributed by atoms with Crippen LogP contribution in [0.2, 0.25) is 0 Å². The normalized spacial score (nSPS) is 18.6. The van der Waals surface area contributed by atoms with Crippen molar-refractivity contribution in [1.82, 2.24) is 14.5 Å². The second kappa shape index (κ2) is 4.70. The van der Waals surface area contributed by atoms with Crippen molar-refractivity contribution in [3.8, 4) is 0 Å². The van der Waals surface area contributed by atoms with Crippen LogP contribution in [-0.4, -0.2) is 34.6 Å². The van der Waals surface area contributed by atoms with E-state index in [0.29, 0.717) is 12.0 Å². The van der Waals surface area contributed by atoms with Crippen molar-refractivity contribution in [1.29, 1.82) is 0 Å². The topological polar surface area (TPSA) is 47.1 Å². The number of nitrogen functional groups attached to an aromatic ring is 1. The SMILES string of the molecule is CN1CCC(n2c(N)nc3cc(I)ccc32)CC1. The van der Waals surface area contributed by atoms with Gasteiger partial charge in [0.05, 0.1) is 11.0 Å². The number of hydrogen-bond donors (Lipinski definition) is 1. The smallest absolute Gasteiger partial charge is 0.201 e. The van der Waals surface area contributed by atoms with Gasteiger partial charge >= 0.3 is 0 Å². The molecule has 4 nitrogen and oxygen atoms in total. The van der Waals surface area contributed by atoms with Gasteiger partial charge < -0.3 is 15.2 Å². The number of nitrogens with zero attached hydrogens (tertiary/aromatic N) is 3. The predicted octanol–water partition coefficient (Wildman–Crippen LogP) is 2.49. The standard InChI is InChI=1S/C13H17IN4/c1-17-6-4-10(5-7-17)18-12-3-2-9(14)8-11(12)16-13(18)15/h2-3,8,10H,4-7H2,1H3,(H2,15,16). The van der Waals surface area contributed by atoms with Crippen LogP contribution in [0.4, 0.5) is 5.95 Å². The molecule has 1 aliphatic heterocycles. The first-order valence-electron chi connectivity index (χ1n) is 6.26. The molecule has 0 aliphatic carbocycles. The molecule has 0 spiro atoms. The molecule has 18 heavy (non-hydrogen) atoms. The highest BCUT2D eigenvalue weighted by atomic mass is 127. The van der Waals surface area contributed by atoms with E-state index in [2.05, 4.69) is 62.3 Å². The number of nitrogens with two attached hydrogens (primary N) is 1. The number of aromatic nitrogens is 2. The first kappa shape index (κ1) is 12.2. The summed E-state index contributed by atoms with van der Waals surface area (Å²) in [5.74, 6) is 0.654.